The predicted molar refractivity (Wildman–Crippen MR) is 78.0 cm³/mol. The molecule has 3 rings (SSSR count). The third-order valence-corrected chi connectivity index (χ3v) is 4.35. The van der Waals surface area contributed by atoms with Gasteiger partial charge in [-0.3, -0.25) is 0 Å². The molecule has 2 aromatic rings. The number of fused-ring (bicyclic) bond motifs is 1. The molecule has 0 bridgehead atoms. The van der Waals surface area contributed by atoms with Gasteiger partial charge in [0.1, 0.15) is 17.0 Å². The molecule has 106 valence electrons. The van der Waals surface area contributed by atoms with Crippen LogP contribution in [0.5, 0.6) is 0 Å². The van der Waals surface area contributed by atoms with Crippen molar-refractivity contribution in [2.24, 2.45) is 0 Å². The van der Waals surface area contributed by atoms with E-state index in [2.05, 4.69) is 15.3 Å². The number of likely N-dealkylation sites (tertiary alicyclic amines) is 1. The number of carbonyl (C=O) groups is 1. The van der Waals surface area contributed by atoms with Gasteiger partial charge < -0.3 is 15.0 Å². The predicted octanol–water partition coefficient (Wildman–Crippen LogP) is 2.33. The Bertz CT molecular complexity index is 607. The summed E-state index contributed by atoms with van der Waals surface area (Å²) < 4.78 is 4.74. The Morgan fingerprint density at radius 1 is 1.45 bits per heavy atom. The smallest absolute Gasteiger partial charge is 0.409 e. The highest BCUT2D eigenvalue weighted by Gasteiger charge is 2.23. The molecular formula is C13H16N4O2S. The zero-order valence-corrected chi connectivity index (χ0v) is 12.0. The summed E-state index contributed by atoms with van der Waals surface area (Å²) in [6, 6.07) is 2.36. The van der Waals surface area contributed by atoms with Crippen molar-refractivity contribution in [2.45, 2.75) is 18.9 Å². The Morgan fingerprint density at radius 3 is 3.00 bits per heavy atom. The van der Waals surface area contributed by atoms with E-state index >= 15 is 0 Å². The van der Waals surface area contributed by atoms with Crippen LogP contribution >= 0.6 is 11.3 Å². The number of aromatic nitrogens is 2. The summed E-state index contributed by atoms with van der Waals surface area (Å²) in [6.45, 7) is 1.42. The van der Waals surface area contributed by atoms with Crippen LogP contribution in [0.25, 0.3) is 10.2 Å². The number of hydrogen-bond acceptors (Lipinski definition) is 6. The number of piperidine rings is 1. The van der Waals surface area contributed by atoms with Crippen molar-refractivity contribution in [1.82, 2.24) is 14.9 Å². The van der Waals surface area contributed by atoms with Gasteiger partial charge in [-0.25, -0.2) is 14.8 Å². The van der Waals surface area contributed by atoms with Crippen molar-refractivity contribution in [1.29, 1.82) is 0 Å². The molecule has 2 aromatic heterocycles. The van der Waals surface area contributed by atoms with E-state index in [1.54, 1.807) is 22.6 Å². The van der Waals surface area contributed by atoms with Crippen LogP contribution in [0.4, 0.5) is 10.6 Å². The number of nitrogens with one attached hydrogen (secondary N) is 1. The van der Waals surface area contributed by atoms with Crippen LogP contribution in [0.1, 0.15) is 12.8 Å². The fourth-order valence-corrected chi connectivity index (χ4v) is 3.17. The second-order valence-electron chi connectivity index (χ2n) is 4.74. The van der Waals surface area contributed by atoms with E-state index in [-0.39, 0.29) is 6.09 Å². The van der Waals surface area contributed by atoms with E-state index in [4.69, 9.17) is 4.74 Å². The SMILES string of the molecule is COC(=O)N1CCC(Nc2ncnc3sccc23)CC1. The second-order valence-corrected chi connectivity index (χ2v) is 5.63. The van der Waals surface area contributed by atoms with Gasteiger partial charge in [0.25, 0.3) is 0 Å². The third kappa shape index (κ3) is 2.53. The topological polar surface area (TPSA) is 67.3 Å². The minimum absolute atomic E-state index is 0.245. The highest BCUT2D eigenvalue weighted by Crippen LogP contribution is 2.25. The maximum atomic E-state index is 11.4. The van der Waals surface area contributed by atoms with Crippen LogP contribution in [0, 0.1) is 0 Å². The minimum atomic E-state index is -0.245. The quantitative estimate of drug-likeness (QED) is 0.920. The molecule has 1 N–H and O–H groups in total. The molecule has 0 unspecified atom stereocenters. The molecule has 0 aromatic carbocycles. The first kappa shape index (κ1) is 13.1. The zero-order valence-electron chi connectivity index (χ0n) is 11.2. The first-order valence-corrected chi connectivity index (χ1v) is 7.43. The van der Waals surface area contributed by atoms with E-state index in [1.807, 2.05) is 11.4 Å². The normalized spacial score (nSPS) is 16.4. The van der Waals surface area contributed by atoms with Gasteiger partial charge in [-0.15, -0.1) is 11.3 Å². The summed E-state index contributed by atoms with van der Waals surface area (Å²) in [5.74, 6) is 0.882. The lowest BCUT2D eigenvalue weighted by molar-refractivity contribution is 0.113. The van der Waals surface area contributed by atoms with Crippen molar-refractivity contribution >= 4 is 33.5 Å². The number of amides is 1. The number of thiophene rings is 1. The summed E-state index contributed by atoms with van der Waals surface area (Å²) in [5, 5.41) is 6.55. The highest BCUT2D eigenvalue weighted by atomic mass is 32.1. The van der Waals surface area contributed by atoms with Gasteiger partial charge in [-0.1, -0.05) is 0 Å². The van der Waals surface area contributed by atoms with E-state index < -0.39 is 0 Å². The van der Waals surface area contributed by atoms with Crippen molar-refractivity contribution in [3.05, 3.63) is 17.8 Å². The standard InChI is InChI=1S/C13H16N4O2S/c1-19-13(18)17-5-2-9(3-6-17)16-11-10-4-7-20-12(10)15-8-14-11/h4,7-9H,2-3,5-6H2,1H3,(H,14,15,16). The van der Waals surface area contributed by atoms with Crippen molar-refractivity contribution in [3.63, 3.8) is 0 Å². The summed E-state index contributed by atoms with van der Waals surface area (Å²) in [6.07, 6.45) is 3.13. The lowest BCUT2D eigenvalue weighted by Gasteiger charge is -2.31. The molecule has 1 saturated heterocycles. The van der Waals surface area contributed by atoms with Crippen molar-refractivity contribution in [2.75, 3.05) is 25.5 Å². The first-order chi connectivity index (χ1) is 9.78. The number of carbonyl (C=O) groups excluding carboxylic acids is 1. The van der Waals surface area contributed by atoms with Gasteiger partial charge in [0.2, 0.25) is 0 Å². The van der Waals surface area contributed by atoms with Crippen LogP contribution in [-0.4, -0.2) is 47.2 Å². The molecule has 1 fully saturated rings. The molecule has 3 heterocycles. The molecule has 0 aliphatic carbocycles. The van der Waals surface area contributed by atoms with Crippen LogP contribution in [0.3, 0.4) is 0 Å². The Kier molecular flexibility index (Phi) is 3.68. The monoisotopic (exact) mass is 292 g/mol. The minimum Gasteiger partial charge on any atom is -0.453 e. The average molecular weight is 292 g/mol. The van der Waals surface area contributed by atoms with Gasteiger partial charge >= 0.3 is 6.09 Å². The third-order valence-electron chi connectivity index (χ3n) is 3.53. The van der Waals surface area contributed by atoms with Crippen LogP contribution in [0.2, 0.25) is 0 Å². The van der Waals surface area contributed by atoms with Crippen LogP contribution < -0.4 is 5.32 Å². The molecule has 1 aliphatic rings. The first-order valence-electron chi connectivity index (χ1n) is 6.55. The number of rotatable bonds is 2. The van der Waals surface area contributed by atoms with Gasteiger partial charge in [0.15, 0.2) is 0 Å². The molecule has 0 spiro atoms. The zero-order chi connectivity index (χ0) is 13.9. The lowest BCUT2D eigenvalue weighted by atomic mass is 10.1. The maximum absolute atomic E-state index is 11.4. The van der Waals surface area contributed by atoms with Gasteiger partial charge in [0.05, 0.1) is 12.5 Å². The average Bonchev–Trinajstić information content (AvgIpc) is 2.97. The number of methoxy groups -OCH3 is 1. The Balaban J connectivity index is 1.65. The van der Waals surface area contributed by atoms with Crippen LogP contribution in [-0.2, 0) is 4.74 Å². The molecule has 0 saturated carbocycles. The molecule has 7 heteroatoms. The number of ether oxygens (including phenoxy) is 1. The molecule has 6 nitrogen and oxygen atoms in total. The number of hydrogen-bond donors (Lipinski definition) is 1. The highest BCUT2D eigenvalue weighted by molar-refractivity contribution is 7.16. The Morgan fingerprint density at radius 2 is 2.25 bits per heavy atom. The second kappa shape index (κ2) is 5.62. The van der Waals surface area contributed by atoms with Gasteiger partial charge in [0, 0.05) is 19.1 Å². The summed E-state index contributed by atoms with van der Waals surface area (Å²) in [4.78, 5) is 22.7. The van der Waals surface area contributed by atoms with E-state index in [1.165, 1.54) is 7.11 Å². The number of nitrogens with zero attached hydrogens (tertiary/aromatic N) is 3. The molecule has 20 heavy (non-hydrogen) atoms. The van der Waals surface area contributed by atoms with Crippen LogP contribution in [0.15, 0.2) is 17.8 Å². The fraction of sp³-hybridized carbons (Fsp3) is 0.462. The molecule has 1 amide bonds. The lowest BCUT2D eigenvalue weighted by Crippen LogP contribution is -2.42. The largest absolute Gasteiger partial charge is 0.453 e. The molecular weight excluding hydrogens is 276 g/mol. The number of anilines is 1. The van der Waals surface area contributed by atoms with E-state index in [0.717, 1.165) is 28.9 Å². The van der Waals surface area contributed by atoms with Gasteiger partial charge in [-0.05, 0) is 24.3 Å². The Hall–Kier alpha value is -1.89. The van der Waals surface area contributed by atoms with E-state index in [9.17, 15) is 4.79 Å². The van der Waals surface area contributed by atoms with Crippen molar-refractivity contribution < 1.29 is 9.53 Å². The molecule has 0 atom stereocenters. The Labute approximate surface area is 120 Å². The maximum Gasteiger partial charge on any atom is 0.409 e. The molecule has 1 aliphatic heterocycles. The van der Waals surface area contributed by atoms with E-state index in [0.29, 0.717) is 19.1 Å². The summed E-state index contributed by atoms with van der Waals surface area (Å²) in [5.41, 5.74) is 0. The molecule has 0 radical (unpaired) electrons. The fourth-order valence-electron chi connectivity index (χ4n) is 2.43. The summed E-state index contributed by atoms with van der Waals surface area (Å²) >= 11 is 1.61. The van der Waals surface area contributed by atoms with Gasteiger partial charge in [-0.2, -0.15) is 0 Å². The summed E-state index contributed by atoms with van der Waals surface area (Å²) in [7, 11) is 1.42. The van der Waals surface area contributed by atoms with Crippen molar-refractivity contribution in [3.8, 4) is 0 Å².